The second-order valence-electron chi connectivity index (χ2n) is 4.96. The maximum atomic E-state index is 12.4. The molecule has 1 aliphatic rings. The van der Waals surface area contributed by atoms with Gasteiger partial charge in [0.15, 0.2) is 5.65 Å². The lowest BCUT2D eigenvalue weighted by Gasteiger charge is -2.14. The quantitative estimate of drug-likeness (QED) is 0.677. The summed E-state index contributed by atoms with van der Waals surface area (Å²) in [6.45, 7) is 3.25. The molecular formula is C13H13N5O2. The van der Waals surface area contributed by atoms with Crippen LogP contribution in [-0.2, 0) is 13.0 Å². The number of H-pyrrole nitrogens is 1. The van der Waals surface area contributed by atoms with Gasteiger partial charge in [0.05, 0.1) is 17.0 Å². The third kappa shape index (κ3) is 1.60. The highest BCUT2D eigenvalue weighted by molar-refractivity contribution is 5.60. The minimum Gasteiger partial charge on any atom is -0.361 e. The van der Waals surface area contributed by atoms with Gasteiger partial charge in [0.2, 0.25) is 0 Å². The molecule has 0 bridgehead atoms. The highest BCUT2D eigenvalue weighted by atomic mass is 16.5. The average Bonchev–Trinajstić information content (AvgIpc) is 3.05. The topological polar surface area (TPSA) is 88.2 Å². The number of fused-ring (bicyclic) bond motifs is 2. The summed E-state index contributed by atoms with van der Waals surface area (Å²) >= 11 is 0. The van der Waals surface area contributed by atoms with Gasteiger partial charge in [0, 0.05) is 31.6 Å². The van der Waals surface area contributed by atoms with Crippen molar-refractivity contribution in [2.24, 2.45) is 0 Å². The number of rotatable bonds is 1. The Morgan fingerprint density at radius 3 is 3.10 bits per heavy atom. The third-order valence-corrected chi connectivity index (χ3v) is 3.54. The Balaban J connectivity index is 1.95. The number of nitrogens with one attached hydrogen (secondary N) is 2. The summed E-state index contributed by atoms with van der Waals surface area (Å²) in [5, 5.41) is 10.2. The van der Waals surface area contributed by atoms with Crippen LogP contribution in [-0.4, -0.2) is 26.3 Å². The molecule has 0 saturated heterocycles. The summed E-state index contributed by atoms with van der Waals surface area (Å²) in [7, 11) is 0. The van der Waals surface area contributed by atoms with E-state index in [1.54, 1.807) is 0 Å². The van der Waals surface area contributed by atoms with Crippen LogP contribution in [0.3, 0.4) is 0 Å². The molecule has 20 heavy (non-hydrogen) atoms. The standard InChI is InChI=1S/C13H13N5O2/c1-7-4-11(17-20-7)10-5-12-15-9-2-3-14-6-8(9)13(19)18(12)16-10/h4-5,14,16H,2-3,6H2,1H3. The molecule has 3 aromatic rings. The molecule has 0 unspecified atom stereocenters. The number of aryl methyl sites for hydroxylation is 1. The van der Waals surface area contributed by atoms with Gasteiger partial charge in [-0.05, 0) is 6.92 Å². The zero-order chi connectivity index (χ0) is 13.7. The smallest absolute Gasteiger partial charge is 0.277 e. The average molecular weight is 271 g/mol. The van der Waals surface area contributed by atoms with Gasteiger partial charge in [-0.3, -0.25) is 9.89 Å². The van der Waals surface area contributed by atoms with Crippen LogP contribution < -0.4 is 10.9 Å². The van der Waals surface area contributed by atoms with E-state index in [1.165, 1.54) is 4.52 Å². The Bertz CT molecular complexity index is 857. The summed E-state index contributed by atoms with van der Waals surface area (Å²) in [6, 6.07) is 3.64. The Labute approximate surface area is 113 Å². The van der Waals surface area contributed by atoms with Crippen molar-refractivity contribution >= 4 is 5.65 Å². The van der Waals surface area contributed by atoms with Crippen LogP contribution >= 0.6 is 0 Å². The lowest BCUT2D eigenvalue weighted by atomic mass is 10.1. The lowest BCUT2D eigenvalue weighted by molar-refractivity contribution is 0.399. The Hall–Kier alpha value is -2.41. The molecule has 4 heterocycles. The Morgan fingerprint density at radius 2 is 2.30 bits per heavy atom. The molecule has 0 aliphatic carbocycles. The van der Waals surface area contributed by atoms with Crippen LogP contribution in [0.2, 0.25) is 0 Å². The number of aromatic nitrogens is 4. The molecule has 0 aromatic carbocycles. The molecule has 0 atom stereocenters. The highest BCUT2D eigenvalue weighted by Crippen LogP contribution is 2.19. The molecule has 0 radical (unpaired) electrons. The summed E-state index contributed by atoms with van der Waals surface area (Å²) in [6.07, 6.45) is 0.782. The second kappa shape index (κ2) is 4.04. The van der Waals surface area contributed by atoms with Gasteiger partial charge in [-0.2, -0.15) is 0 Å². The van der Waals surface area contributed by atoms with Crippen molar-refractivity contribution in [2.45, 2.75) is 19.9 Å². The number of nitrogens with zero attached hydrogens (tertiary/aromatic N) is 3. The summed E-state index contributed by atoms with van der Waals surface area (Å²) in [5.74, 6) is 0.724. The van der Waals surface area contributed by atoms with Crippen LogP contribution in [0.15, 0.2) is 21.5 Å². The molecule has 7 heteroatoms. The van der Waals surface area contributed by atoms with Crippen molar-refractivity contribution in [1.82, 2.24) is 25.1 Å². The van der Waals surface area contributed by atoms with E-state index >= 15 is 0 Å². The second-order valence-corrected chi connectivity index (χ2v) is 4.96. The van der Waals surface area contributed by atoms with E-state index in [0.717, 1.165) is 35.7 Å². The van der Waals surface area contributed by atoms with Gasteiger partial charge in [-0.15, -0.1) is 0 Å². The lowest BCUT2D eigenvalue weighted by Crippen LogP contribution is -2.33. The van der Waals surface area contributed by atoms with Crippen molar-refractivity contribution in [3.05, 3.63) is 39.5 Å². The maximum absolute atomic E-state index is 12.4. The van der Waals surface area contributed by atoms with Crippen molar-refractivity contribution in [3.63, 3.8) is 0 Å². The molecule has 2 N–H and O–H groups in total. The van der Waals surface area contributed by atoms with Gasteiger partial charge in [0.25, 0.3) is 5.56 Å². The van der Waals surface area contributed by atoms with Crippen molar-refractivity contribution in [2.75, 3.05) is 6.54 Å². The minimum absolute atomic E-state index is 0.0522. The third-order valence-electron chi connectivity index (χ3n) is 3.54. The fourth-order valence-electron chi connectivity index (χ4n) is 2.53. The number of hydrogen-bond acceptors (Lipinski definition) is 5. The predicted octanol–water partition coefficient (Wildman–Crippen LogP) is 0.632. The summed E-state index contributed by atoms with van der Waals surface area (Å²) < 4.78 is 6.52. The first kappa shape index (κ1) is 11.4. The summed E-state index contributed by atoms with van der Waals surface area (Å²) in [4.78, 5) is 17.0. The predicted molar refractivity (Wildman–Crippen MR) is 71.5 cm³/mol. The van der Waals surface area contributed by atoms with E-state index in [-0.39, 0.29) is 5.56 Å². The van der Waals surface area contributed by atoms with Gasteiger partial charge < -0.3 is 9.84 Å². The van der Waals surface area contributed by atoms with E-state index in [0.29, 0.717) is 17.9 Å². The van der Waals surface area contributed by atoms with Crippen LogP contribution in [0, 0.1) is 6.92 Å². The van der Waals surface area contributed by atoms with Gasteiger partial charge in [0.1, 0.15) is 11.5 Å². The van der Waals surface area contributed by atoms with Crippen molar-refractivity contribution in [1.29, 1.82) is 0 Å². The van der Waals surface area contributed by atoms with Crippen LogP contribution in [0.1, 0.15) is 17.0 Å². The molecule has 0 fully saturated rings. The van der Waals surface area contributed by atoms with E-state index in [9.17, 15) is 4.79 Å². The molecular weight excluding hydrogens is 258 g/mol. The van der Waals surface area contributed by atoms with Crippen LogP contribution in [0.5, 0.6) is 0 Å². The molecule has 4 rings (SSSR count). The molecule has 102 valence electrons. The normalized spacial score (nSPS) is 14.7. The summed E-state index contributed by atoms with van der Waals surface area (Å²) in [5.41, 5.74) is 3.58. The molecule has 0 saturated carbocycles. The molecule has 0 amide bonds. The fourth-order valence-corrected chi connectivity index (χ4v) is 2.53. The maximum Gasteiger partial charge on any atom is 0.277 e. The Morgan fingerprint density at radius 1 is 1.40 bits per heavy atom. The minimum atomic E-state index is -0.0522. The SMILES string of the molecule is Cc1cc(-c2cc3nc4c(c(=O)n3[nH]2)CNCC4)no1. The first-order valence-electron chi connectivity index (χ1n) is 6.50. The number of hydrogen-bond donors (Lipinski definition) is 2. The molecule has 0 spiro atoms. The van der Waals surface area contributed by atoms with Gasteiger partial charge in [-0.25, -0.2) is 9.50 Å². The van der Waals surface area contributed by atoms with Crippen molar-refractivity contribution < 1.29 is 4.52 Å². The zero-order valence-electron chi connectivity index (χ0n) is 10.9. The van der Waals surface area contributed by atoms with E-state index in [4.69, 9.17) is 4.52 Å². The molecule has 7 nitrogen and oxygen atoms in total. The van der Waals surface area contributed by atoms with E-state index < -0.39 is 0 Å². The van der Waals surface area contributed by atoms with Crippen molar-refractivity contribution in [3.8, 4) is 11.4 Å². The first-order chi connectivity index (χ1) is 9.72. The Kier molecular flexibility index (Phi) is 2.31. The largest absolute Gasteiger partial charge is 0.361 e. The van der Waals surface area contributed by atoms with Gasteiger partial charge in [-0.1, -0.05) is 5.16 Å². The van der Waals surface area contributed by atoms with E-state index in [1.807, 2.05) is 19.1 Å². The molecule has 1 aliphatic heterocycles. The van der Waals surface area contributed by atoms with Gasteiger partial charge >= 0.3 is 0 Å². The van der Waals surface area contributed by atoms with E-state index in [2.05, 4.69) is 20.6 Å². The number of aromatic amines is 1. The highest BCUT2D eigenvalue weighted by Gasteiger charge is 2.18. The first-order valence-corrected chi connectivity index (χ1v) is 6.50. The fraction of sp³-hybridized carbons (Fsp3) is 0.308. The molecule has 3 aromatic heterocycles. The van der Waals surface area contributed by atoms with Crippen LogP contribution in [0.25, 0.3) is 17.0 Å². The zero-order valence-corrected chi connectivity index (χ0v) is 10.9. The monoisotopic (exact) mass is 271 g/mol. The van der Waals surface area contributed by atoms with Crippen LogP contribution in [0.4, 0.5) is 0 Å².